The Balaban J connectivity index is 2.06. The van der Waals surface area contributed by atoms with E-state index in [0.29, 0.717) is 32.8 Å². The van der Waals surface area contributed by atoms with Crippen LogP contribution in [0.3, 0.4) is 0 Å². The third-order valence-corrected chi connectivity index (χ3v) is 6.25. The highest BCUT2D eigenvalue weighted by molar-refractivity contribution is 6.35. The Labute approximate surface area is 217 Å². The molecule has 0 aliphatic heterocycles. The van der Waals surface area contributed by atoms with Gasteiger partial charge in [0, 0.05) is 22.9 Å². The Hall–Kier alpha value is -2.71. The van der Waals surface area contributed by atoms with Crippen LogP contribution in [0.5, 0.6) is 5.75 Å². The van der Waals surface area contributed by atoms with Crippen LogP contribution in [0, 0.1) is 25.5 Å². The maximum absolute atomic E-state index is 14.1. The van der Waals surface area contributed by atoms with Gasteiger partial charge in [0.25, 0.3) is 0 Å². The van der Waals surface area contributed by atoms with Gasteiger partial charge in [0.1, 0.15) is 24.0 Å². The molecule has 5 nitrogen and oxygen atoms in total. The number of aliphatic carboxylic acids is 1. The van der Waals surface area contributed by atoms with Gasteiger partial charge in [0.2, 0.25) is 0 Å². The Kier molecular flexibility index (Phi) is 9.30. The molecule has 0 fully saturated rings. The van der Waals surface area contributed by atoms with Crippen molar-refractivity contribution in [1.82, 2.24) is 0 Å². The van der Waals surface area contributed by atoms with Crippen molar-refractivity contribution < 1.29 is 33.6 Å². The van der Waals surface area contributed by atoms with Gasteiger partial charge < -0.3 is 20.1 Å². The van der Waals surface area contributed by atoms with Gasteiger partial charge in [0.05, 0.1) is 23.7 Å². The van der Waals surface area contributed by atoms with Crippen molar-refractivity contribution in [3.05, 3.63) is 98.0 Å². The van der Waals surface area contributed by atoms with Gasteiger partial charge in [0.15, 0.2) is 0 Å². The topological polar surface area (TPSA) is 87.0 Å². The summed E-state index contributed by atoms with van der Waals surface area (Å²) in [5, 5.41) is 29.4. The van der Waals surface area contributed by atoms with Crippen molar-refractivity contribution in [3.8, 4) is 5.75 Å². The minimum absolute atomic E-state index is 0.151. The average molecular weight is 539 g/mol. The SMILES string of the molecule is Cc1cc(C(c2ccc(F)c(C)c2)c2cc(Cl)cc(Cl)c2OCC(O)C[C@@H](O)CC(=O)O)ccc1F. The quantitative estimate of drug-likeness (QED) is 0.274. The molecular weight excluding hydrogens is 513 g/mol. The lowest BCUT2D eigenvalue weighted by Gasteiger charge is -2.25. The Morgan fingerprint density at radius 3 is 1.97 bits per heavy atom. The summed E-state index contributed by atoms with van der Waals surface area (Å²) in [4.78, 5) is 10.8. The molecule has 3 aromatic rings. The first-order chi connectivity index (χ1) is 17.0. The third-order valence-electron chi connectivity index (χ3n) is 5.75. The lowest BCUT2D eigenvalue weighted by Crippen LogP contribution is -2.26. The molecule has 0 saturated heterocycles. The van der Waals surface area contributed by atoms with Gasteiger partial charge in [-0.15, -0.1) is 0 Å². The predicted octanol–water partition coefficient (Wildman–Crippen LogP) is 6.03. The summed E-state index contributed by atoms with van der Waals surface area (Å²) in [5.74, 6) is -2.33. The molecule has 2 atom stereocenters. The predicted molar refractivity (Wildman–Crippen MR) is 134 cm³/mol. The zero-order valence-electron chi connectivity index (χ0n) is 19.6. The van der Waals surface area contributed by atoms with Crippen LogP contribution in [-0.2, 0) is 4.79 Å². The number of carboxylic acids is 1. The number of aryl methyl sites for hydroxylation is 2. The first-order valence-corrected chi connectivity index (χ1v) is 11.9. The minimum atomic E-state index is -1.25. The van der Waals surface area contributed by atoms with Crippen LogP contribution in [0.4, 0.5) is 8.78 Å². The number of carbonyl (C=O) groups is 1. The highest BCUT2D eigenvalue weighted by Crippen LogP contribution is 2.43. The van der Waals surface area contributed by atoms with Crippen molar-refractivity contribution >= 4 is 29.2 Å². The molecule has 3 rings (SSSR count). The van der Waals surface area contributed by atoms with E-state index in [1.807, 2.05) is 0 Å². The summed E-state index contributed by atoms with van der Waals surface area (Å²) < 4.78 is 34.0. The maximum atomic E-state index is 14.1. The van der Waals surface area contributed by atoms with Crippen molar-refractivity contribution in [3.63, 3.8) is 0 Å². The largest absolute Gasteiger partial charge is 0.489 e. The molecule has 0 spiro atoms. The van der Waals surface area contributed by atoms with Crippen LogP contribution in [0.25, 0.3) is 0 Å². The standard InChI is InChI=1S/C27H26Cl2F2O5/c1-14-7-16(3-5-23(14)30)26(17-4-6-24(31)15(2)8-17)21-9-18(28)10-22(29)27(21)36-13-20(33)11-19(32)12-25(34)35/h3-10,19-20,26,32-33H,11-13H2,1-2H3,(H,34,35)/t19-,20?/m1/s1. The zero-order chi connectivity index (χ0) is 26.6. The minimum Gasteiger partial charge on any atom is -0.489 e. The van der Waals surface area contributed by atoms with Crippen molar-refractivity contribution in [2.24, 2.45) is 0 Å². The number of benzene rings is 3. The Morgan fingerprint density at radius 1 is 0.917 bits per heavy atom. The van der Waals surface area contributed by atoms with E-state index in [0.717, 1.165) is 0 Å². The second-order valence-corrected chi connectivity index (χ2v) is 9.55. The fourth-order valence-electron chi connectivity index (χ4n) is 4.04. The molecular formula is C27H26Cl2F2O5. The summed E-state index contributed by atoms with van der Waals surface area (Å²) in [7, 11) is 0. The number of hydrogen-bond acceptors (Lipinski definition) is 4. The number of ether oxygens (including phenoxy) is 1. The Morgan fingerprint density at radius 2 is 1.47 bits per heavy atom. The van der Waals surface area contributed by atoms with Gasteiger partial charge in [-0.1, -0.05) is 47.5 Å². The van der Waals surface area contributed by atoms with E-state index >= 15 is 0 Å². The van der Waals surface area contributed by atoms with Crippen molar-refractivity contribution in [2.75, 3.05) is 6.61 Å². The average Bonchev–Trinajstić information content (AvgIpc) is 2.77. The summed E-state index contributed by atoms with van der Waals surface area (Å²) in [6, 6.07) is 12.4. The third kappa shape index (κ3) is 6.95. The van der Waals surface area contributed by atoms with Crippen LogP contribution in [0.2, 0.25) is 10.0 Å². The van der Waals surface area contributed by atoms with E-state index in [2.05, 4.69) is 0 Å². The molecule has 9 heteroatoms. The summed E-state index contributed by atoms with van der Waals surface area (Å²) in [6.45, 7) is 2.97. The molecule has 0 aliphatic carbocycles. The van der Waals surface area contributed by atoms with E-state index in [1.165, 1.54) is 18.2 Å². The van der Waals surface area contributed by atoms with Gasteiger partial charge in [-0.05, 0) is 60.4 Å². The fourth-order valence-corrected chi connectivity index (χ4v) is 4.60. The molecule has 3 N–H and O–H groups in total. The molecule has 0 saturated carbocycles. The number of hydrogen-bond donors (Lipinski definition) is 3. The molecule has 0 heterocycles. The molecule has 3 aromatic carbocycles. The first kappa shape index (κ1) is 27.9. The molecule has 36 heavy (non-hydrogen) atoms. The normalized spacial score (nSPS) is 13.0. The van der Waals surface area contributed by atoms with Crippen molar-refractivity contribution in [1.29, 1.82) is 0 Å². The van der Waals surface area contributed by atoms with Gasteiger partial charge in [-0.25, -0.2) is 8.78 Å². The van der Waals surface area contributed by atoms with Crippen LogP contribution >= 0.6 is 23.2 Å². The second kappa shape index (κ2) is 12.0. The highest BCUT2D eigenvalue weighted by Gasteiger charge is 2.26. The van der Waals surface area contributed by atoms with Crippen LogP contribution < -0.4 is 4.74 Å². The molecule has 0 amide bonds. The summed E-state index contributed by atoms with van der Waals surface area (Å²) >= 11 is 12.8. The molecule has 0 aromatic heterocycles. The summed E-state index contributed by atoms with van der Waals surface area (Å²) in [6.07, 6.45) is -3.17. The highest BCUT2D eigenvalue weighted by atomic mass is 35.5. The van der Waals surface area contributed by atoms with Gasteiger partial charge in [-0.2, -0.15) is 0 Å². The van der Waals surface area contributed by atoms with E-state index in [1.54, 1.807) is 44.2 Å². The smallest absolute Gasteiger partial charge is 0.305 e. The van der Waals surface area contributed by atoms with E-state index in [9.17, 15) is 23.8 Å². The number of aliphatic hydroxyl groups excluding tert-OH is 2. The monoisotopic (exact) mass is 538 g/mol. The number of aliphatic hydroxyl groups is 2. The van der Waals surface area contributed by atoms with Crippen molar-refractivity contribution in [2.45, 2.75) is 44.8 Å². The zero-order valence-corrected chi connectivity index (χ0v) is 21.2. The number of halogens is 4. The van der Waals surface area contributed by atoms with Crippen LogP contribution in [0.1, 0.15) is 46.6 Å². The second-order valence-electron chi connectivity index (χ2n) is 8.71. The lowest BCUT2D eigenvalue weighted by molar-refractivity contribution is -0.139. The van der Waals surface area contributed by atoms with E-state index < -0.39 is 30.5 Å². The number of carboxylic acid groups (broad SMARTS) is 1. The van der Waals surface area contributed by atoms with Gasteiger partial charge >= 0.3 is 5.97 Å². The van der Waals surface area contributed by atoms with Crippen LogP contribution in [-0.4, -0.2) is 40.1 Å². The molecule has 192 valence electrons. The van der Waals surface area contributed by atoms with Gasteiger partial charge in [-0.3, -0.25) is 4.79 Å². The number of rotatable bonds is 10. The maximum Gasteiger partial charge on any atom is 0.305 e. The fraction of sp³-hybridized carbons (Fsp3) is 0.296. The first-order valence-electron chi connectivity index (χ1n) is 11.2. The van der Waals surface area contributed by atoms with E-state index in [4.69, 9.17) is 33.0 Å². The lowest BCUT2D eigenvalue weighted by atomic mass is 9.83. The Bertz CT molecular complexity index is 1200. The molecule has 0 aliphatic rings. The molecule has 0 radical (unpaired) electrons. The van der Waals surface area contributed by atoms with E-state index in [-0.39, 0.29) is 35.4 Å². The van der Waals surface area contributed by atoms with Crippen LogP contribution in [0.15, 0.2) is 48.5 Å². The molecule has 0 bridgehead atoms. The summed E-state index contributed by atoms with van der Waals surface area (Å²) in [5.41, 5.74) is 2.69. The molecule has 1 unspecified atom stereocenters.